The topological polar surface area (TPSA) is 59.0 Å². The lowest BCUT2D eigenvalue weighted by Crippen LogP contribution is -2.31. The standard InChI is InChI=1S/C19H21F2N5O/c1-27-7-6-26-12-22-9-14(26)10-25-5-4-18-15(11-25)19(24-23-18)13-2-3-16(20)17(21)8-13/h2-3,8-9,12H,4-7,10-11H2,1H3,(H,23,24). The number of nitrogens with one attached hydrogen (secondary N) is 1. The van der Waals surface area contributed by atoms with Crippen molar-refractivity contribution in [2.75, 3.05) is 20.3 Å². The number of aromatic nitrogens is 4. The highest BCUT2D eigenvalue weighted by molar-refractivity contribution is 5.64. The van der Waals surface area contributed by atoms with Gasteiger partial charge in [-0.15, -0.1) is 0 Å². The molecular weight excluding hydrogens is 352 g/mol. The Kier molecular flexibility index (Phi) is 5.00. The second-order valence-electron chi connectivity index (χ2n) is 6.69. The molecule has 6 nitrogen and oxygen atoms in total. The van der Waals surface area contributed by atoms with Crippen molar-refractivity contribution in [3.8, 4) is 11.3 Å². The first kappa shape index (κ1) is 17.8. The molecule has 8 heteroatoms. The van der Waals surface area contributed by atoms with Gasteiger partial charge in [0.05, 0.1) is 24.3 Å². The molecule has 1 N–H and O–H groups in total. The number of benzene rings is 1. The molecule has 1 aliphatic heterocycles. The number of H-pyrrole nitrogens is 1. The second-order valence-corrected chi connectivity index (χ2v) is 6.69. The fraction of sp³-hybridized carbons (Fsp3) is 0.368. The Bertz CT molecular complexity index is 936. The molecule has 0 amide bonds. The van der Waals surface area contributed by atoms with Gasteiger partial charge in [-0.3, -0.25) is 10.00 Å². The number of rotatable bonds is 6. The number of halogens is 2. The van der Waals surface area contributed by atoms with E-state index in [1.165, 1.54) is 6.07 Å². The Morgan fingerprint density at radius 2 is 2.15 bits per heavy atom. The minimum absolute atomic E-state index is 0.582. The van der Waals surface area contributed by atoms with Gasteiger partial charge in [0.2, 0.25) is 0 Å². The average Bonchev–Trinajstić information content (AvgIpc) is 3.29. The lowest BCUT2D eigenvalue weighted by atomic mass is 10.0. The van der Waals surface area contributed by atoms with Crippen LogP contribution in [0.15, 0.2) is 30.7 Å². The van der Waals surface area contributed by atoms with E-state index in [-0.39, 0.29) is 0 Å². The third-order valence-electron chi connectivity index (χ3n) is 4.93. The van der Waals surface area contributed by atoms with Crippen molar-refractivity contribution in [3.05, 3.63) is 59.3 Å². The largest absolute Gasteiger partial charge is 0.383 e. The molecule has 2 aromatic heterocycles. The van der Waals surface area contributed by atoms with Crippen LogP contribution in [0.1, 0.15) is 17.0 Å². The van der Waals surface area contributed by atoms with Gasteiger partial charge in [0.15, 0.2) is 11.6 Å². The van der Waals surface area contributed by atoms with Crippen LogP contribution in [0.4, 0.5) is 8.78 Å². The molecule has 0 atom stereocenters. The van der Waals surface area contributed by atoms with E-state index in [0.29, 0.717) is 24.4 Å². The Labute approximate surface area is 155 Å². The Morgan fingerprint density at radius 1 is 1.26 bits per heavy atom. The number of nitrogens with zero attached hydrogens (tertiary/aromatic N) is 4. The van der Waals surface area contributed by atoms with Crippen molar-refractivity contribution in [3.63, 3.8) is 0 Å². The number of imidazole rings is 1. The lowest BCUT2D eigenvalue weighted by Gasteiger charge is -2.27. The van der Waals surface area contributed by atoms with E-state index >= 15 is 0 Å². The zero-order valence-corrected chi connectivity index (χ0v) is 15.1. The fourth-order valence-electron chi connectivity index (χ4n) is 3.47. The van der Waals surface area contributed by atoms with Crippen LogP contribution in [0.3, 0.4) is 0 Å². The van der Waals surface area contributed by atoms with E-state index in [0.717, 1.165) is 49.1 Å². The maximum absolute atomic E-state index is 13.6. The van der Waals surface area contributed by atoms with E-state index in [4.69, 9.17) is 4.74 Å². The summed E-state index contributed by atoms with van der Waals surface area (Å²) in [5.41, 5.74) is 4.47. The zero-order valence-electron chi connectivity index (χ0n) is 15.1. The summed E-state index contributed by atoms with van der Waals surface area (Å²) in [4.78, 5) is 6.55. The van der Waals surface area contributed by atoms with Crippen LogP contribution in [0.2, 0.25) is 0 Å². The van der Waals surface area contributed by atoms with E-state index in [2.05, 4.69) is 24.6 Å². The summed E-state index contributed by atoms with van der Waals surface area (Å²) in [6.45, 7) is 3.73. The van der Waals surface area contributed by atoms with Crippen LogP contribution >= 0.6 is 0 Å². The summed E-state index contributed by atoms with van der Waals surface area (Å²) >= 11 is 0. The summed E-state index contributed by atoms with van der Waals surface area (Å²) in [6.07, 6.45) is 4.52. The minimum Gasteiger partial charge on any atom is -0.383 e. The third kappa shape index (κ3) is 3.63. The number of aromatic amines is 1. The molecule has 3 aromatic rings. The highest BCUT2D eigenvalue weighted by atomic mass is 19.2. The molecule has 0 unspecified atom stereocenters. The molecule has 0 radical (unpaired) electrons. The Balaban J connectivity index is 1.54. The zero-order chi connectivity index (χ0) is 18.8. The van der Waals surface area contributed by atoms with Gasteiger partial charge in [0.1, 0.15) is 0 Å². The van der Waals surface area contributed by atoms with Gasteiger partial charge >= 0.3 is 0 Å². The summed E-state index contributed by atoms with van der Waals surface area (Å²) in [5, 5.41) is 7.40. The van der Waals surface area contributed by atoms with Crippen LogP contribution in [-0.2, 0) is 30.8 Å². The summed E-state index contributed by atoms with van der Waals surface area (Å²) in [5.74, 6) is -1.71. The molecule has 0 aliphatic carbocycles. The predicted molar refractivity (Wildman–Crippen MR) is 95.9 cm³/mol. The van der Waals surface area contributed by atoms with E-state index in [1.807, 2.05) is 12.5 Å². The smallest absolute Gasteiger partial charge is 0.159 e. The monoisotopic (exact) mass is 373 g/mol. The molecule has 0 bridgehead atoms. The quantitative estimate of drug-likeness (QED) is 0.722. The van der Waals surface area contributed by atoms with Gasteiger partial charge in [-0.25, -0.2) is 13.8 Å². The van der Waals surface area contributed by atoms with E-state index in [1.54, 1.807) is 13.2 Å². The molecule has 142 valence electrons. The van der Waals surface area contributed by atoms with E-state index in [9.17, 15) is 8.78 Å². The third-order valence-corrected chi connectivity index (χ3v) is 4.93. The molecule has 1 aromatic carbocycles. The SMILES string of the molecule is COCCn1cncc1CN1CCc2[nH]nc(-c3ccc(F)c(F)c3)c2C1. The van der Waals surface area contributed by atoms with Gasteiger partial charge < -0.3 is 9.30 Å². The molecule has 1 aliphatic rings. The molecule has 27 heavy (non-hydrogen) atoms. The highest BCUT2D eigenvalue weighted by Gasteiger charge is 2.24. The van der Waals surface area contributed by atoms with Crippen LogP contribution < -0.4 is 0 Å². The predicted octanol–water partition coefficient (Wildman–Crippen LogP) is 2.76. The van der Waals surface area contributed by atoms with Crippen molar-refractivity contribution < 1.29 is 13.5 Å². The van der Waals surface area contributed by atoms with Crippen molar-refractivity contribution in [2.45, 2.75) is 26.1 Å². The van der Waals surface area contributed by atoms with Crippen LogP contribution in [0.25, 0.3) is 11.3 Å². The molecule has 3 heterocycles. The number of hydrogen-bond donors (Lipinski definition) is 1. The second kappa shape index (κ2) is 7.58. The summed E-state index contributed by atoms with van der Waals surface area (Å²) in [7, 11) is 1.68. The number of fused-ring (bicyclic) bond motifs is 1. The van der Waals surface area contributed by atoms with Crippen LogP contribution in [0.5, 0.6) is 0 Å². The first-order chi connectivity index (χ1) is 13.2. The van der Waals surface area contributed by atoms with Gasteiger partial charge in [0.25, 0.3) is 0 Å². The molecule has 0 saturated carbocycles. The lowest BCUT2D eigenvalue weighted by molar-refractivity contribution is 0.183. The number of ether oxygens (including phenoxy) is 1. The first-order valence-electron chi connectivity index (χ1n) is 8.87. The van der Waals surface area contributed by atoms with Crippen molar-refractivity contribution in [1.82, 2.24) is 24.6 Å². The minimum atomic E-state index is -0.862. The Hall–Kier alpha value is -2.58. The molecule has 0 saturated heterocycles. The number of methoxy groups -OCH3 is 1. The van der Waals surface area contributed by atoms with Gasteiger partial charge in [0, 0.05) is 62.7 Å². The van der Waals surface area contributed by atoms with Gasteiger partial charge in [-0.05, 0) is 18.2 Å². The van der Waals surface area contributed by atoms with Gasteiger partial charge in [-0.1, -0.05) is 0 Å². The Morgan fingerprint density at radius 3 is 2.96 bits per heavy atom. The van der Waals surface area contributed by atoms with Crippen molar-refractivity contribution in [1.29, 1.82) is 0 Å². The maximum Gasteiger partial charge on any atom is 0.159 e. The maximum atomic E-state index is 13.6. The fourth-order valence-corrected chi connectivity index (χ4v) is 3.47. The average molecular weight is 373 g/mol. The summed E-state index contributed by atoms with van der Waals surface area (Å²) in [6, 6.07) is 3.90. The van der Waals surface area contributed by atoms with Gasteiger partial charge in [-0.2, -0.15) is 5.10 Å². The van der Waals surface area contributed by atoms with Crippen LogP contribution in [-0.4, -0.2) is 44.9 Å². The first-order valence-corrected chi connectivity index (χ1v) is 8.87. The van der Waals surface area contributed by atoms with E-state index < -0.39 is 11.6 Å². The highest BCUT2D eigenvalue weighted by Crippen LogP contribution is 2.29. The van der Waals surface area contributed by atoms with Crippen molar-refractivity contribution >= 4 is 0 Å². The normalized spacial score (nSPS) is 14.5. The number of hydrogen-bond acceptors (Lipinski definition) is 4. The molecule has 4 rings (SSSR count). The molecule has 0 spiro atoms. The molecule has 0 fully saturated rings. The van der Waals surface area contributed by atoms with Crippen LogP contribution in [0, 0.1) is 11.6 Å². The summed E-state index contributed by atoms with van der Waals surface area (Å²) < 4.78 is 34.1. The van der Waals surface area contributed by atoms with Crippen molar-refractivity contribution in [2.24, 2.45) is 0 Å². The molecular formula is C19H21F2N5O.